The Morgan fingerprint density at radius 2 is 1.86 bits per heavy atom. The van der Waals surface area contributed by atoms with Gasteiger partial charge in [0, 0.05) is 6.04 Å². The summed E-state index contributed by atoms with van der Waals surface area (Å²) in [4.78, 5) is 0. The fraction of sp³-hybridized carbons (Fsp3) is 1.00. The third-order valence-corrected chi connectivity index (χ3v) is 3.42. The molecule has 1 aliphatic rings. The highest BCUT2D eigenvalue weighted by Crippen LogP contribution is 2.29. The van der Waals surface area contributed by atoms with Gasteiger partial charge in [-0.05, 0) is 31.1 Å². The van der Waals surface area contributed by atoms with Crippen molar-refractivity contribution in [3.05, 3.63) is 0 Å². The summed E-state index contributed by atoms with van der Waals surface area (Å²) < 4.78 is 0. The first kappa shape index (κ1) is 12.0. The summed E-state index contributed by atoms with van der Waals surface area (Å²) in [6, 6.07) is 0.556. The van der Waals surface area contributed by atoms with Crippen molar-refractivity contribution < 1.29 is 0 Å². The zero-order chi connectivity index (χ0) is 10.4. The van der Waals surface area contributed by atoms with E-state index in [1.165, 1.54) is 44.9 Å². The molecule has 0 aliphatic heterocycles. The van der Waals surface area contributed by atoms with Gasteiger partial charge in [0.05, 0.1) is 0 Å². The lowest BCUT2D eigenvalue weighted by Gasteiger charge is -2.20. The molecule has 14 heavy (non-hydrogen) atoms. The van der Waals surface area contributed by atoms with E-state index in [-0.39, 0.29) is 0 Å². The van der Waals surface area contributed by atoms with Crippen LogP contribution in [0.15, 0.2) is 0 Å². The van der Waals surface area contributed by atoms with Crippen molar-refractivity contribution in [3.8, 4) is 0 Å². The lowest BCUT2D eigenvalue weighted by molar-refractivity contribution is 0.354. The molecule has 3 N–H and O–H groups in total. The van der Waals surface area contributed by atoms with Crippen molar-refractivity contribution in [2.45, 2.75) is 64.8 Å². The van der Waals surface area contributed by atoms with Crippen LogP contribution < -0.4 is 11.3 Å². The SMILES string of the molecule is CC(C)CCC(CC1CCCC1)NN. The molecule has 0 heterocycles. The largest absolute Gasteiger partial charge is 0.271 e. The number of nitrogens with one attached hydrogen (secondary N) is 1. The van der Waals surface area contributed by atoms with Crippen LogP contribution in [0.5, 0.6) is 0 Å². The van der Waals surface area contributed by atoms with Crippen molar-refractivity contribution in [1.82, 2.24) is 5.43 Å². The smallest absolute Gasteiger partial charge is 0.0213 e. The van der Waals surface area contributed by atoms with Crippen LogP contribution in [0.4, 0.5) is 0 Å². The van der Waals surface area contributed by atoms with Gasteiger partial charge in [-0.25, -0.2) is 0 Å². The Hall–Kier alpha value is -0.0800. The first-order chi connectivity index (χ1) is 6.72. The Labute approximate surface area is 88.6 Å². The monoisotopic (exact) mass is 198 g/mol. The highest BCUT2D eigenvalue weighted by molar-refractivity contribution is 4.74. The van der Waals surface area contributed by atoms with Crippen LogP contribution in [0, 0.1) is 11.8 Å². The number of hydrogen-bond acceptors (Lipinski definition) is 2. The van der Waals surface area contributed by atoms with Crippen LogP contribution in [-0.4, -0.2) is 6.04 Å². The Bertz CT molecular complexity index is 139. The third kappa shape index (κ3) is 4.43. The average Bonchev–Trinajstić information content (AvgIpc) is 2.64. The van der Waals surface area contributed by atoms with E-state index in [0.29, 0.717) is 6.04 Å². The van der Waals surface area contributed by atoms with Crippen molar-refractivity contribution in [2.75, 3.05) is 0 Å². The minimum Gasteiger partial charge on any atom is -0.271 e. The van der Waals surface area contributed by atoms with E-state index in [4.69, 9.17) is 5.84 Å². The molecule has 1 rings (SSSR count). The molecule has 1 fully saturated rings. The van der Waals surface area contributed by atoms with Crippen LogP contribution in [0.3, 0.4) is 0 Å². The summed E-state index contributed by atoms with van der Waals surface area (Å²) in [6.45, 7) is 4.56. The summed E-state index contributed by atoms with van der Waals surface area (Å²) in [7, 11) is 0. The highest BCUT2D eigenvalue weighted by atomic mass is 15.2. The maximum absolute atomic E-state index is 5.59. The van der Waals surface area contributed by atoms with Gasteiger partial charge in [0.2, 0.25) is 0 Å². The Kier molecular flexibility index (Phi) is 5.49. The van der Waals surface area contributed by atoms with E-state index in [9.17, 15) is 0 Å². The van der Waals surface area contributed by atoms with Gasteiger partial charge in [-0.15, -0.1) is 0 Å². The molecule has 0 aromatic heterocycles. The van der Waals surface area contributed by atoms with Gasteiger partial charge in [0.15, 0.2) is 0 Å². The fourth-order valence-corrected chi connectivity index (χ4v) is 2.45. The number of hydrazine groups is 1. The second-order valence-electron chi connectivity index (χ2n) is 5.22. The van der Waals surface area contributed by atoms with Crippen LogP contribution >= 0.6 is 0 Å². The summed E-state index contributed by atoms with van der Waals surface area (Å²) in [5.41, 5.74) is 2.98. The Morgan fingerprint density at radius 1 is 1.21 bits per heavy atom. The van der Waals surface area contributed by atoms with E-state index in [1.54, 1.807) is 0 Å². The molecule has 1 atom stereocenters. The van der Waals surface area contributed by atoms with E-state index >= 15 is 0 Å². The maximum Gasteiger partial charge on any atom is 0.0213 e. The molecule has 0 saturated heterocycles. The van der Waals surface area contributed by atoms with Crippen molar-refractivity contribution in [3.63, 3.8) is 0 Å². The Balaban J connectivity index is 2.16. The first-order valence-corrected chi connectivity index (χ1v) is 6.18. The quantitative estimate of drug-likeness (QED) is 0.509. The summed E-state index contributed by atoms with van der Waals surface area (Å²) in [5.74, 6) is 7.33. The molecule has 0 aromatic carbocycles. The molecule has 0 spiro atoms. The molecule has 2 heteroatoms. The lowest BCUT2D eigenvalue weighted by atomic mass is 9.94. The standard InChI is InChI=1S/C12H26N2/c1-10(2)7-8-12(14-13)9-11-5-3-4-6-11/h10-12,14H,3-9,13H2,1-2H3. The van der Waals surface area contributed by atoms with Gasteiger partial charge in [-0.2, -0.15) is 0 Å². The summed E-state index contributed by atoms with van der Waals surface area (Å²) in [6.07, 6.45) is 9.56. The van der Waals surface area contributed by atoms with E-state index in [1.807, 2.05) is 0 Å². The predicted octanol–water partition coefficient (Wildman–Crippen LogP) is 2.83. The minimum absolute atomic E-state index is 0.556. The van der Waals surface area contributed by atoms with E-state index < -0.39 is 0 Å². The molecular formula is C12H26N2. The van der Waals surface area contributed by atoms with Crippen molar-refractivity contribution in [1.29, 1.82) is 0 Å². The normalized spacial score (nSPS) is 20.6. The van der Waals surface area contributed by atoms with Crippen LogP contribution in [0.2, 0.25) is 0 Å². The van der Waals surface area contributed by atoms with Crippen molar-refractivity contribution >= 4 is 0 Å². The number of rotatable bonds is 6. The number of nitrogens with two attached hydrogens (primary N) is 1. The molecule has 0 bridgehead atoms. The minimum atomic E-state index is 0.556. The molecule has 0 radical (unpaired) electrons. The average molecular weight is 198 g/mol. The van der Waals surface area contributed by atoms with E-state index in [2.05, 4.69) is 19.3 Å². The summed E-state index contributed by atoms with van der Waals surface area (Å²) in [5, 5.41) is 0. The molecule has 1 aliphatic carbocycles. The van der Waals surface area contributed by atoms with Gasteiger partial charge >= 0.3 is 0 Å². The molecule has 2 nitrogen and oxygen atoms in total. The number of hydrogen-bond donors (Lipinski definition) is 2. The molecule has 0 amide bonds. The zero-order valence-electron chi connectivity index (χ0n) is 9.76. The third-order valence-electron chi connectivity index (χ3n) is 3.42. The second kappa shape index (κ2) is 6.41. The molecule has 84 valence electrons. The fourth-order valence-electron chi connectivity index (χ4n) is 2.45. The van der Waals surface area contributed by atoms with Crippen molar-refractivity contribution in [2.24, 2.45) is 17.7 Å². The topological polar surface area (TPSA) is 38.0 Å². The molecule has 0 aromatic rings. The van der Waals surface area contributed by atoms with E-state index in [0.717, 1.165) is 11.8 Å². The van der Waals surface area contributed by atoms with Crippen LogP contribution in [-0.2, 0) is 0 Å². The predicted molar refractivity (Wildman–Crippen MR) is 61.8 cm³/mol. The van der Waals surface area contributed by atoms with Gasteiger partial charge in [-0.3, -0.25) is 11.3 Å². The van der Waals surface area contributed by atoms with Gasteiger partial charge in [-0.1, -0.05) is 39.5 Å². The maximum atomic E-state index is 5.59. The van der Waals surface area contributed by atoms with Gasteiger partial charge in [0.1, 0.15) is 0 Å². The zero-order valence-corrected chi connectivity index (χ0v) is 9.76. The first-order valence-electron chi connectivity index (χ1n) is 6.18. The molecule has 1 unspecified atom stereocenters. The van der Waals surface area contributed by atoms with Crippen LogP contribution in [0.1, 0.15) is 58.8 Å². The Morgan fingerprint density at radius 3 is 2.36 bits per heavy atom. The molecular weight excluding hydrogens is 172 g/mol. The second-order valence-corrected chi connectivity index (χ2v) is 5.22. The molecule has 1 saturated carbocycles. The van der Waals surface area contributed by atoms with Gasteiger partial charge in [0.25, 0.3) is 0 Å². The highest BCUT2D eigenvalue weighted by Gasteiger charge is 2.19. The van der Waals surface area contributed by atoms with Crippen LogP contribution in [0.25, 0.3) is 0 Å². The summed E-state index contributed by atoms with van der Waals surface area (Å²) >= 11 is 0. The van der Waals surface area contributed by atoms with Gasteiger partial charge < -0.3 is 0 Å². The lowest BCUT2D eigenvalue weighted by Crippen LogP contribution is -2.36.